The Balaban J connectivity index is 3.06. The fourth-order valence-electron chi connectivity index (χ4n) is 4.78. The molecule has 0 aromatic carbocycles. The van der Waals surface area contributed by atoms with Crippen molar-refractivity contribution in [2.24, 2.45) is 0 Å². The number of unbranched alkanes of at least 4 members (excludes halogenated alkanes) is 12. The first kappa shape index (κ1) is 51.8. The second-order valence-corrected chi connectivity index (χ2v) is 12.4. The van der Waals surface area contributed by atoms with E-state index in [0.29, 0.717) is 139 Å². The third kappa shape index (κ3) is 48.8. The van der Waals surface area contributed by atoms with Gasteiger partial charge in [0.1, 0.15) is 6.61 Å². The van der Waals surface area contributed by atoms with Crippen LogP contribution in [0.4, 0.5) is 0 Å². The van der Waals surface area contributed by atoms with Crippen LogP contribution in [0.3, 0.4) is 0 Å². The van der Waals surface area contributed by atoms with Crippen LogP contribution in [-0.4, -0.2) is 158 Å². The maximum absolute atomic E-state index is 10.9. The monoisotopic (exact) mass is 767 g/mol. The number of esters is 1. The minimum Gasteiger partial charge on any atom is -0.460 e. The predicted octanol–water partition coefficient (Wildman–Crippen LogP) is 5.99. The molecule has 0 aromatic rings. The van der Waals surface area contributed by atoms with Gasteiger partial charge in [-0.25, -0.2) is 4.79 Å². The SMILES string of the molecule is C=CC(=O)OCCOCCOCCOCCOCCOCCOCCOCCOCCOCCOCCOCCCCCCCCCCCCCCC. The highest BCUT2D eigenvalue weighted by Crippen LogP contribution is 2.12. The van der Waals surface area contributed by atoms with Gasteiger partial charge in [-0.3, -0.25) is 0 Å². The van der Waals surface area contributed by atoms with Gasteiger partial charge in [0.05, 0.1) is 139 Å². The second kappa shape index (κ2) is 48.8. The van der Waals surface area contributed by atoms with Crippen molar-refractivity contribution in [1.29, 1.82) is 0 Å². The van der Waals surface area contributed by atoms with E-state index in [-0.39, 0.29) is 6.61 Å². The maximum atomic E-state index is 10.9. The molecule has 0 unspecified atom stereocenters. The zero-order chi connectivity index (χ0) is 38.2. The first-order valence-corrected chi connectivity index (χ1v) is 20.5. The van der Waals surface area contributed by atoms with Crippen molar-refractivity contribution in [1.82, 2.24) is 0 Å². The van der Waals surface area contributed by atoms with Crippen molar-refractivity contribution in [3.63, 3.8) is 0 Å². The topological polar surface area (TPSA) is 128 Å². The molecule has 0 radical (unpaired) electrons. The van der Waals surface area contributed by atoms with Crippen LogP contribution in [0, 0.1) is 0 Å². The van der Waals surface area contributed by atoms with Gasteiger partial charge in [-0.2, -0.15) is 0 Å². The molecule has 13 nitrogen and oxygen atoms in total. The van der Waals surface area contributed by atoms with Crippen LogP contribution in [0.1, 0.15) is 90.4 Å². The van der Waals surface area contributed by atoms with Crippen LogP contribution in [0.5, 0.6) is 0 Å². The van der Waals surface area contributed by atoms with Crippen LogP contribution in [0.15, 0.2) is 12.7 Å². The highest BCUT2D eigenvalue weighted by molar-refractivity contribution is 5.81. The van der Waals surface area contributed by atoms with Gasteiger partial charge < -0.3 is 56.8 Å². The normalized spacial score (nSPS) is 11.4. The Labute approximate surface area is 322 Å². The Morgan fingerprint density at radius 2 is 0.528 bits per heavy atom. The van der Waals surface area contributed by atoms with Crippen molar-refractivity contribution in [3.8, 4) is 0 Å². The average molecular weight is 767 g/mol. The number of ether oxygens (including phenoxy) is 12. The van der Waals surface area contributed by atoms with Crippen LogP contribution in [0.25, 0.3) is 0 Å². The minimum atomic E-state index is -0.457. The van der Waals surface area contributed by atoms with Gasteiger partial charge in [-0.05, 0) is 6.42 Å². The molecule has 0 atom stereocenters. The lowest BCUT2D eigenvalue weighted by Crippen LogP contribution is -2.15. The molecule has 0 saturated carbocycles. The van der Waals surface area contributed by atoms with E-state index in [9.17, 15) is 4.79 Å². The molecule has 0 aromatic heterocycles. The van der Waals surface area contributed by atoms with Crippen molar-refractivity contribution in [2.75, 3.05) is 152 Å². The van der Waals surface area contributed by atoms with Crippen molar-refractivity contribution in [3.05, 3.63) is 12.7 Å². The molecule has 0 fully saturated rings. The Kier molecular flexibility index (Phi) is 47.7. The van der Waals surface area contributed by atoms with E-state index >= 15 is 0 Å². The summed E-state index contributed by atoms with van der Waals surface area (Å²) < 4.78 is 65.1. The van der Waals surface area contributed by atoms with Crippen LogP contribution < -0.4 is 0 Å². The van der Waals surface area contributed by atoms with Gasteiger partial charge in [0.25, 0.3) is 0 Å². The first-order chi connectivity index (χ1) is 26.3. The quantitative estimate of drug-likeness (QED) is 0.0409. The number of carbonyl (C=O) groups excluding carboxylic acids is 1. The summed E-state index contributed by atoms with van der Waals surface area (Å²) in [4.78, 5) is 10.9. The van der Waals surface area contributed by atoms with Gasteiger partial charge >= 0.3 is 5.97 Å². The van der Waals surface area contributed by atoms with Gasteiger partial charge in [0.2, 0.25) is 0 Å². The molecule has 0 bridgehead atoms. The molecule has 13 heteroatoms. The summed E-state index contributed by atoms with van der Waals surface area (Å²) >= 11 is 0. The summed E-state index contributed by atoms with van der Waals surface area (Å²) in [5.41, 5.74) is 0. The lowest BCUT2D eigenvalue weighted by molar-refractivity contribution is -0.139. The Morgan fingerprint density at radius 3 is 0.774 bits per heavy atom. The first-order valence-electron chi connectivity index (χ1n) is 20.5. The van der Waals surface area contributed by atoms with E-state index in [0.717, 1.165) is 19.1 Å². The number of carbonyl (C=O) groups is 1. The Bertz CT molecular complexity index is 702. The molecule has 316 valence electrons. The van der Waals surface area contributed by atoms with Gasteiger partial charge in [0.15, 0.2) is 0 Å². The molecule has 53 heavy (non-hydrogen) atoms. The molecule has 0 aliphatic rings. The summed E-state index contributed by atoms with van der Waals surface area (Å²) in [6, 6.07) is 0. The van der Waals surface area contributed by atoms with Crippen molar-refractivity contribution in [2.45, 2.75) is 90.4 Å². The molecule has 0 saturated heterocycles. The second-order valence-electron chi connectivity index (χ2n) is 12.4. The van der Waals surface area contributed by atoms with E-state index in [1.54, 1.807) is 0 Å². The highest BCUT2D eigenvalue weighted by Gasteiger charge is 1.99. The van der Waals surface area contributed by atoms with E-state index in [4.69, 9.17) is 56.8 Å². The van der Waals surface area contributed by atoms with E-state index < -0.39 is 5.97 Å². The molecule has 0 aliphatic heterocycles. The summed E-state index contributed by atoms with van der Waals surface area (Å²) in [6.45, 7) is 17.3. The molecular weight excluding hydrogens is 688 g/mol. The molecule has 0 heterocycles. The van der Waals surface area contributed by atoms with E-state index in [1.165, 1.54) is 77.0 Å². The van der Waals surface area contributed by atoms with E-state index in [2.05, 4.69) is 13.5 Å². The lowest BCUT2D eigenvalue weighted by atomic mass is 10.0. The molecule has 0 amide bonds. The summed E-state index contributed by atoms with van der Waals surface area (Å²) in [7, 11) is 0. The molecular formula is C40H78O13. The van der Waals surface area contributed by atoms with Crippen LogP contribution in [0.2, 0.25) is 0 Å². The van der Waals surface area contributed by atoms with Gasteiger partial charge in [-0.15, -0.1) is 0 Å². The zero-order valence-electron chi connectivity index (χ0n) is 33.5. The molecule has 0 spiro atoms. The smallest absolute Gasteiger partial charge is 0.330 e. The fraction of sp³-hybridized carbons (Fsp3) is 0.925. The summed E-state index contributed by atoms with van der Waals surface area (Å²) in [5.74, 6) is -0.457. The molecule has 0 rings (SSSR count). The zero-order valence-corrected chi connectivity index (χ0v) is 33.5. The van der Waals surface area contributed by atoms with Gasteiger partial charge in [-0.1, -0.05) is 90.6 Å². The third-order valence-corrected chi connectivity index (χ3v) is 7.75. The number of hydrogen-bond donors (Lipinski definition) is 0. The van der Waals surface area contributed by atoms with Crippen LogP contribution >= 0.6 is 0 Å². The number of rotatable bonds is 48. The average Bonchev–Trinajstić information content (AvgIpc) is 3.17. The third-order valence-electron chi connectivity index (χ3n) is 7.75. The molecule has 0 N–H and O–H groups in total. The maximum Gasteiger partial charge on any atom is 0.330 e. The predicted molar refractivity (Wildman–Crippen MR) is 206 cm³/mol. The molecule has 0 aliphatic carbocycles. The van der Waals surface area contributed by atoms with E-state index in [1.807, 2.05) is 0 Å². The largest absolute Gasteiger partial charge is 0.460 e. The Morgan fingerprint density at radius 1 is 0.321 bits per heavy atom. The lowest BCUT2D eigenvalue weighted by Gasteiger charge is -2.09. The minimum absolute atomic E-state index is 0.200. The standard InChI is InChI=1S/C40H78O13/c1-3-5-6-7-8-9-10-11-12-13-14-15-16-17-42-18-19-43-20-21-44-22-23-45-24-25-46-26-27-47-28-29-48-30-31-49-32-33-50-34-35-51-36-37-52-38-39-53-40(41)4-2/h4H,2-3,5-39H2,1H3. The highest BCUT2D eigenvalue weighted by atomic mass is 16.6. The van der Waals surface area contributed by atoms with Crippen molar-refractivity contribution < 1.29 is 61.6 Å². The van der Waals surface area contributed by atoms with Crippen LogP contribution in [-0.2, 0) is 61.6 Å². The summed E-state index contributed by atoms with van der Waals surface area (Å²) in [5, 5.41) is 0. The van der Waals surface area contributed by atoms with Crippen molar-refractivity contribution >= 4 is 5.97 Å². The fourth-order valence-corrected chi connectivity index (χ4v) is 4.78. The Hall–Kier alpha value is -1.23. The van der Waals surface area contributed by atoms with Gasteiger partial charge in [0, 0.05) is 12.7 Å². The summed E-state index contributed by atoms with van der Waals surface area (Å²) in [6.07, 6.45) is 18.9. The number of hydrogen-bond acceptors (Lipinski definition) is 13.